The molecule has 0 radical (unpaired) electrons. The second kappa shape index (κ2) is 10.7. The second-order valence-electron chi connectivity index (χ2n) is 10.6. The van der Waals surface area contributed by atoms with Gasteiger partial charge in [0.1, 0.15) is 17.2 Å². The Balaban J connectivity index is 0.00000294. The normalized spacial score (nSPS) is 18.9. The average molecular weight is 555 g/mol. The van der Waals surface area contributed by atoms with Gasteiger partial charge < -0.3 is 24.6 Å². The van der Waals surface area contributed by atoms with Gasteiger partial charge in [-0.25, -0.2) is 0 Å². The highest BCUT2D eigenvalue weighted by molar-refractivity contribution is 6.22. The molecular weight excluding hydrogens is 521 g/mol. The molecule has 38 heavy (non-hydrogen) atoms. The number of hydrogen-bond donors (Lipinski definition) is 2. The van der Waals surface area contributed by atoms with Crippen LogP contribution in [0.4, 0.5) is 5.69 Å². The number of ether oxygens (including phenoxy) is 1. The van der Waals surface area contributed by atoms with Gasteiger partial charge in [0.05, 0.1) is 12.3 Å². The maximum absolute atomic E-state index is 13.8. The van der Waals surface area contributed by atoms with Crippen LogP contribution in [0.2, 0.25) is 0 Å². The van der Waals surface area contributed by atoms with Gasteiger partial charge in [-0.2, -0.15) is 0 Å². The van der Waals surface area contributed by atoms with E-state index in [2.05, 4.69) is 16.9 Å². The monoisotopic (exact) mass is 553 g/mol. The number of halogens is 2. The number of phenolic OH excluding ortho intramolecular Hbond substituents is 1. The van der Waals surface area contributed by atoms with Crippen molar-refractivity contribution in [3.63, 3.8) is 0 Å². The molecule has 2 aliphatic heterocycles. The predicted octanol–water partition coefficient (Wildman–Crippen LogP) is 6.54. The molecule has 1 fully saturated rings. The summed E-state index contributed by atoms with van der Waals surface area (Å²) in [6.45, 7) is 5.38. The van der Waals surface area contributed by atoms with Crippen LogP contribution in [0, 0.1) is 5.92 Å². The summed E-state index contributed by atoms with van der Waals surface area (Å²) in [5.74, 6) is 1.40. The van der Waals surface area contributed by atoms with E-state index >= 15 is 0 Å². The summed E-state index contributed by atoms with van der Waals surface area (Å²) in [6.07, 6.45) is 2.32. The SMILES string of the molecule is C[C@@H](Cl)[C@@H]1CN(C(=O)c2cc3cc(OCC4CCN(C)CC4)ccc3[nH]2)c2cc(O)c3ccccc3c21.Cl. The summed E-state index contributed by atoms with van der Waals surface area (Å²) in [4.78, 5) is 21.2. The van der Waals surface area contributed by atoms with E-state index in [9.17, 15) is 9.90 Å². The number of aromatic hydroxyl groups is 1. The van der Waals surface area contributed by atoms with Crippen molar-refractivity contribution in [3.8, 4) is 11.5 Å². The molecule has 1 amide bonds. The van der Waals surface area contributed by atoms with Gasteiger partial charge in [0, 0.05) is 40.2 Å². The molecule has 3 heterocycles. The first kappa shape index (κ1) is 26.7. The minimum Gasteiger partial charge on any atom is -0.507 e. The number of piperidine rings is 1. The smallest absolute Gasteiger partial charge is 0.274 e. The molecule has 2 aliphatic rings. The van der Waals surface area contributed by atoms with Crippen LogP contribution in [0.5, 0.6) is 11.5 Å². The number of likely N-dealkylation sites (tertiary alicyclic amines) is 1. The molecule has 0 unspecified atom stereocenters. The van der Waals surface area contributed by atoms with E-state index in [-0.39, 0.29) is 35.4 Å². The fourth-order valence-electron chi connectivity index (χ4n) is 5.83. The van der Waals surface area contributed by atoms with Crippen LogP contribution in [0.1, 0.15) is 41.7 Å². The number of hydrogen-bond acceptors (Lipinski definition) is 4. The standard InChI is InChI=1S/C30H32ClN3O3.ClH/c1-18(31)24-16-34(27-15-28(35)22-5-3-4-6-23(22)29(24)27)30(36)26-14-20-13-21(7-8-25(20)32-26)37-17-19-9-11-33(2)12-10-19;/h3-8,13-15,18-19,24,32,35H,9-12,16-17H2,1-2H3;1H/t18-,24+;/m1./s1. The summed E-state index contributed by atoms with van der Waals surface area (Å²) in [7, 11) is 2.16. The number of anilines is 1. The van der Waals surface area contributed by atoms with Crippen LogP contribution >= 0.6 is 24.0 Å². The predicted molar refractivity (Wildman–Crippen MR) is 157 cm³/mol. The fourth-order valence-corrected chi connectivity index (χ4v) is 6.04. The zero-order chi connectivity index (χ0) is 25.7. The highest BCUT2D eigenvalue weighted by Gasteiger charge is 2.37. The maximum Gasteiger partial charge on any atom is 0.274 e. The number of aromatic amines is 1. The van der Waals surface area contributed by atoms with Gasteiger partial charge in [-0.1, -0.05) is 24.3 Å². The average Bonchev–Trinajstić information content (AvgIpc) is 3.50. The Hall–Kier alpha value is -2.93. The van der Waals surface area contributed by atoms with Crippen molar-refractivity contribution in [2.24, 2.45) is 5.92 Å². The number of carbonyl (C=O) groups is 1. The molecule has 6 rings (SSSR count). The highest BCUT2D eigenvalue weighted by Crippen LogP contribution is 2.47. The van der Waals surface area contributed by atoms with Crippen molar-refractivity contribution in [1.29, 1.82) is 0 Å². The minimum absolute atomic E-state index is 0. The van der Waals surface area contributed by atoms with Crippen LogP contribution in [-0.4, -0.2) is 59.6 Å². The number of aromatic nitrogens is 1. The number of nitrogens with one attached hydrogen (secondary N) is 1. The number of rotatable bonds is 5. The molecule has 200 valence electrons. The number of fused-ring (bicyclic) bond motifs is 4. The lowest BCUT2D eigenvalue weighted by atomic mass is 9.92. The Morgan fingerprint density at radius 3 is 2.61 bits per heavy atom. The van der Waals surface area contributed by atoms with E-state index in [1.807, 2.05) is 55.5 Å². The number of phenols is 1. The van der Waals surface area contributed by atoms with E-state index in [1.165, 1.54) is 0 Å². The highest BCUT2D eigenvalue weighted by atomic mass is 35.5. The van der Waals surface area contributed by atoms with Gasteiger partial charge in [-0.05, 0) is 81.0 Å². The van der Waals surface area contributed by atoms with Crippen molar-refractivity contribution in [3.05, 3.63) is 65.9 Å². The van der Waals surface area contributed by atoms with E-state index in [4.69, 9.17) is 16.3 Å². The van der Waals surface area contributed by atoms with E-state index in [0.29, 0.717) is 18.2 Å². The Morgan fingerprint density at radius 1 is 1.13 bits per heavy atom. The summed E-state index contributed by atoms with van der Waals surface area (Å²) >= 11 is 6.62. The van der Waals surface area contributed by atoms with E-state index in [1.54, 1.807) is 11.0 Å². The third-order valence-electron chi connectivity index (χ3n) is 8.03. The zero-order valence-corrected chi connectivity index (χ0v) is 23.2. The Kier molecular flexibility index (Phi) is 7.49. The molecule has 0 aliphatic carbocycles. The summed E-state index contributed by atoms with van der Waals surface area (Å²) in [6, 6.07) is 17.3. The number of carbonyl (C=O) groups excluding carboxylic acids is 1. The molecular formula is C30H33Cl2N3O3. The second-order valence-corrected chi connectivity index (χ2v) is 11.3. The first-order valence-electron chi connectivity index (χ1n) is 13.0. The van der Waals surface area contributed by atoms with Crippen LogP contribution in [0.15, 0.2) is 54.6 Å². The number of alkyl halides is 1. The first-order valence-corrected chi connectivity index (χ1v) is 13.5. The van der Waals surface area contributed by atoms with Crippen molar-refractivity contribution in [2.75, 3.05) is 38.2 Å². The van der Waals surface area contributed by atoms with Crippen molar-refractivity contribution in [2.45, 2.75) is 31.1 Å². The Bertz CT molecular complexity index is 1480. The summed E-state index contributed by atoms with van der Waals surface area (Å²) in [5, 5.41) is 13.2. The van der Waals surface area contributed by atoms with Gasteiger partial charge in [0.15, 0.2) is 0 Å². The lowest BCUT2D eigenvalue weighted by Gasteiger charge is -2.28. The molecule has 8 heteroatoms. The van der Waals surface area contributed by atoms with Crippen molar-refractivity contribution >= 4 is 57.3 Å². The number of benzene rings is 3. The quantitative estimate of drug-likeness (QED) is 0.275. The van der Waals surface area contributed by atoms with E-state index < -0.39 is 0 Å². The molecule has 0 bridgehead atoms. The van der Waals surface area contributed by atoms with Gasteiger partial charge in [0.2, 0.25) is 0 Å². The zero-order valence-electron chi connectivity index (χ0n) is 21.6. The summed E-state index contributed by atoms with van der Waals surface area (Å²) < 4.78 is 6.13. The van der Waals surface area contributed by atoms with Crippen molar-refractivity contribution in [1.82, 2.24) is 9.88 Å². The van der Waals surface area contributed by atoms with E-state index in [0.717, 1.165) is 71.2 Å². The molecule has 1 saturated heterocycles. The van der Waals surface area contributed by atoms with Crippen LogP contribution in [0.3, 0.4) is 0 Å². The molecule has 6 nitrogen and oxygen atoms in total. The first-order chi connectivity index (χ1) is 17.9. The summed E-state index contributed by atoms with van der Waals surface area (Å²) in [5.41, 5.74) is 3.13. The van der Waals surface area contributed by atoms with Gasteiger partial charge in [-0.3, -0.25) is 4.79 Å². The Labute approximate surface area is 233 Å². The van der Waals surface area contributed by atoms with Crippen molar-refractivity contribution < 1.29 is 14.6 Å². The molecule has 4 aromatic rings. The minimum atomic E-state index is -0.170. The van der Waals surface area contributed by atoms with Gasteiger partial charge in [-0.15, -0.1) is 24.0 Å². The molecule has 3 aromatic carbocycles. The molecule has 2 N–H and O–H groups in total. The van der Waals surface area contributed by atoms with Crippen LogP contribution in [-0.2, 0) is 0 Å². The lowest BCUT2D eigenvalue weighted by Crippen LogP contribution is -2.32. The molecule has 2 atom stereocenters. The molecule has 0 saturated carbocycles. The molecule has 1 aromatic heterocycles. The third-order valence-corrected chi connectivity index (χ3v) is 8.33. The third kappa shape index (κ3) is 4.81. The molecule has 0 spiro atoms. The van der Waals surface area contributed by atoms with Gasteiger partial charge in [0.25, 0.3) is 5.91 Å². The maximum atomic E-state index is 13.8. The topological polar surface area (TPSA) is 68.8 Å². The number of amides is 1. The lowest BCUT2D eigenvalue weighted by molar-refractivity contribution is 0.0984. The van der Waals surface area contributed by atoms with Crippen LogP contribution in [0.25, 0.3) is 21.7 Å². The fraction of sp³-hybridized carbons (Fsp3) is 0.367. The number of nitrogens with zero attached hydrogens (tertiary/aromatic N) is 2. The van der Waals surface area contributed by atoms with Crippen LogP contribution < -0.4 is 9.64 Å². The number of H-pyrrole nitrogens is 1. The van der Waals surface area contributed by atoms with Gasteiger partial charge >= 0.3 is 0 Å². The largest absolute Gasteiger partial charge is 0.507 e. The Morgan fingerprint density at radius 2 is 1.87 bits per heavy atom.